The average molecular weight is 207 g/mol. The van der Waals surface area contributed by atoms with Gasteiger partial charge < -0.3 is 0 Å². The Morgan fingerprint density at radius 3 is 2.79 bits per heavy atom. The first kappa shape index (κ1) is 8.90. The van der Waals surface area contributed by atoms with Gasteiger partial charge in [0.05, 0.1) is 10.7 Å². The van der Waals surface area contributed by atoms with Gasteiger partial charge in [-0.1, -0.05) is 13.8 Å². The standard InChI is InChI=1S/C12H17NS/c1-12(2)7-3-4-9-10(12)13-11(14-9)8-5-6-8/h8H,3-7H2,1-2H3. The van der Waals surface area contributed by atoms with Crippen LogP contribution in [0.4, 0.5) is 0 Å². The van der Waals surface area contributed by atoms with Gasteiger partial charge >= 0.3 is 0 Å². The molecule has 1 aromatic rings. The maximum absolute atomic E-state index is 4.88. The van der Waals surface area contributed by atoms with E-state index in [0.717, 1.165) is 5.92 Å². The van der Waals surface area contributed by atoms with E-state index in [-0.39, 0.29) is 0 Å². The molecule has 2 aliphatic carbocycles. The minimum Gasteiger partial charge on any atom is -0.245 e. The number of hydrogen-bond donors (Lipinski definition) is 0. The molecule has 0 bridgehead atoms. The van der Waals surface area contributed by atoms with Gasteiger partial charge in [0.15, 0.2) is 0 Å². The Morgan fingerprint density at radius 2 is 2.14 bits per heavy atom. The Morgan fingerprint density at radius 1 is 1.36 bits per heavy atom. The van der Waals surface area contributed by atoms with Crippen molar-refractivity contribution >= 4 is 11.3 Å². The summed E-state index contributed by atoms with van der Waals surface area (Å²) in [6, 6.07) is 0. The van der Waals surface area contributed by atoms with E-state index in [2.05, 4.69) is 13.8 Å². The SMILES string of the molecule is CC1(C)CCCc2sc(C3CC3)nc21. The number of rotatable bonds is 1. The topological polar surface area (TPSA) is 12.9 Å². The van der Waals surface area contributed by atoms with E-state index in [9.17, 15) is 0 Å². The summed E-state index contributed by atoms with van der Waals surface area (Å²) >= 11 is 2.00. The number of nitrogens with zero attached hydrogens (tertiary/aromatic N) is 1. The van der Waals surface area contributed by atoms with Gasteiger partial charge in [0, 0.05) is 16.2 Å². The lowest BCUT2D eigenvalue weighted by Crippen LogP contribution is -2.23. The molecule has 3 rings (SSSR count). The molecular formula is C12H17NS. The Bertz CT molecular complexity index is 360. The first-order valence-electron chi connectivity index (χ1n) is 5.67. The maximum atomic E-state index is 4.88. The van der Waals surface area contributed by atoms with Gasteiger partial charge in [-0.05, 0) is 32.1 Å². The van der Waals surface area contributed by atoms with Crippen LogP contribution in [-0.2, 0) is 11.8 Å². The Labute approximate surface area is 89.6 Å². The third kappa shape index (κ3) is 1.31. The summed E-state index contributed by atoms with van der Waals surface area (Å²) in [6.45, 7) is 4.70. The lowest BCUT2D eigenvalue weighted by molar-refractivity contribution is 0.423. The molecule has 0 amide bonds. The van der Waals surface area contributed by atoms with Gasteiger partial charge in [-0.15, -0.1) is 11.3 Å². The minimum absolute atomic E-state index is 0.344. The summed E-state index contributed by atoms with van der Waals surface area (Å²) in [7, 11) is 0. The van der Waals surface area contributed by atoms with Crippen molar-refractivity contribution < 1.29 is 0 Å². The number of fused-ring (bicyclic) bond motifs is 1. The molecule has 1 aromatic heterocycles. The summed E-state index contributed by atoms with van der Waals surface area (Å²) in [5.74, 6) is 0.835. The van der Waals surface area contributed by atoms with Crippen LogP contribution in [0, 0.1) is 0 Å². The zero-order chi connectivity index (χ0) is 9.76. The van der Waals surface area contributed by atoms with Crippen LogP contribution in [0.15, 0.2) is 0 Å². The van der Waals surface area contributed by atoms with Crippen molar-refractivity contribution in [3.05, 3.63) is 15.6 Å². The van der Waals surface area contributed by atoms with E-state index in [0.29, 0.717) is 5.41 Å². The summed E-state index contributed by atoms with van der Waals surface area (Å²) in [5, 5.41) is 1.44. The summed E-state index contributed by atoms with van der Waals surface area (Å²) < 4.78 is 0. The smallest absolute Gasteiger partial charge is 0.0962 e. The largest absolute Gasteiger partial charge is 0.245 e. The number of aromatic nitrogens is 1. The normalized spacial score (nSPS) is 24.7. The van der Waals surface area contributed by atoms with Crippen molar-refractivity contribution in [1.82, 2.24) is 4.98 Å². The molecule has 2 aliphatic rings. The highest BCUT2D eigenvalue weighted by atomic mass is 32.1. The van der Waals surface area contributed by atoms with E-state index in [4.69, 9.17) is 4.98 Å². The van der Waals surface area contributed by atoms with Crippen molar-refractivity contribution in [2.75, 3.05) is 0 Å². The van der Waals surface area contributed by atoms with Crippen molar-refractivity contribution in [1.29, 1.82) is 0 Å². The van der Waals surface area contributed by atoms with Crippen LogP contribution < -0.4 is 0 Å². The number of aryl methyl sites for hydroxylation is 1. The van der Waals surface area contributed by atoms with E-state index >= 15 is 0 Å². The molecule has 0 aromatic carbocycles. The second-order valence-corrected chi connectivity index (χ2v) is 6.45. The fourth-order valence-electron chi connectivity index (χ4n) is 2.38. The Balaban J connectivity index is 2.04. The lowest BCUT2D eigenvalue weighted by Gasteiger charge is -2.28. The van der Waals surface area contributed by atoms with Crippen LogP contribution >= 0.6 is 11.3 Å². The quantitative estimate of drug-likeness (QED) is 0.685. The fraction of sp³-hybridized carbons (Fsp3) is 0.750. The molecule has 0 radical (unpaired) electrons. The number of thiazole rings is 1. The van der Waals surface area contributed by atoms with Gasteiger partial charge in [0.25, 0.3) is 0 Å². The lowest BCUT2D eigenvalue weighted by atomic mass is 9.79. The second-order valence-electron chi connectivity index (χ2n) is 5.34. The molecule has 0 spiro atoms. The Hall–Kier alpha value is -0.370. The van der Waals surface area contributed by atoms with E-state index < -0.39 is 0 Å². The van der Waals surface area contributed by atoms with E-state index in [1.165, 1.54) is 42.8 Å². The van der Waals surface area contributed by atoms with Gasteiger partial charge in [-0.2, -0.15) is 0 Å². The van der Waals surface area contributed by atoms with Gasteiger partial charge in [-0.3, -0.25) is 0 Å². The molecule has 2 heteroatoms. The molecule has 1 heterocycles. The molecule has 14 heavy (non-hydrogen) atoms. The van der Waals surface area contributed by atoms with Gasteiger partial charge in [-0.25, -0.2) is 4.98 Å². The van der Waals surface area contributed by atoms with Crippen molar-refractivity contribution in [2.24, 2.45) is 0 Å². The molecule has 0 atom stereocenters. The molecule has 1 fully saturated rings. The third-order valence-electron chi connectivity index (χ3n) is 3.49. The molecule has 0 saturated heterocycles. The third-order valence-corrected chi connectivity index (χ3v) is 4.76. The zero-order valence-electron chi connectivity index (χ0n) is 8.97. The van der Waals surface area contributed by atoms with Gasteiger partial charge in [0.2, 0.25) is 0 Å². The molecule has 0 N–H and O–H groups in total. The van der Waals surface area contributed by atoms with Crippen LogP contribution in [0.2, 0.25) is 0 Å². The maximum Gasteiger partial charge on any atom is 0.0962 e. The molecule has 76 valence electrons. The fourth-order valence-corrected chi connectivity index (χ4v) is 3.84. The van der Waals surface area contributed by atoms with Crippen molar-refractivity contribution in [3.8, 4) is 0 Å². The van der Waals surface area contributed by atoms with Crippen LogP contribution in [0.1, 0.15) is 61.0 Å². The zero-order valence-corrected chi connectivity index (χ0v) is 9.78. The summed E-state index contributed by atoms with van der Waals surface area (Å²) in [5.41, 5.74) is 1.77. The first-order chi connectivity index (χ1) is 6.67. The average Bonchev–Trinajstić information content (AvgIpc) is 2.86. The highest BCUT2D eigenvalue weighted by Crippen LogP contribution is 2.46. The monoisotopic (exact) mass is 207 g/mol. The van der Waals surface area contributed by atoms with E-state index in [1.54, 1.807) is 4.88 Å². The highest BCUT2D eigenvalue weighted by molar-refractivity contribution is 7.11. The highest BCUT2D eigenvalue weighted by Gasteiger charge is 2.34. The molecule has 0 aliphatic heterocycles. The van der Waals surface area contributed by atoms with Gasteiger partial charge in [0.1, 0.15) is 0 Å². The molecular weight excluding hydrogens is 190 g/mol. The summed E-state index contributed by atoms with van der Waals surface area (Å²) in [6.07, 6.45) is 6.71. The van der Waals surface area contributed by atoms with Crippen LogP contribution in [0.5, 0.6) is 0 Å². The van der Waals surface area contributed by atoms with Crippen molar-refractivity contribution in [3.63, 3.8) is 0 Å². The second kappa shape index (κ2) is 2.82. The van der Waals surface area contributed by atoms with Crippen LogP contribution in [0.3, 0.4) is 0 Å². The van der Waals surface area contributed by atoms with Crippen LogP contribution in [0.25, 0.3) is 0 Å². The Kier molecular flexibility index (Phi) is 1.79. The van der Waals surface area contributed by atoms with Crippen LogP contribution in [-0.4, -0.2) is 4.98 Å². The first-order valence-corrected chi connectivity index (χ1v) is 6.48. The predicted octanol–water partition coefficient (Wildman–Crippen LogP) is 3.63. The molecule has 1 nitrogen and oxygen atoms in total. The van der Waals surface area contributed by atoms with Crippen molar-refractivity contribution in [2.45, 2.75) is 57.3 Å². The minimum atomic E-state index is 0.344. The molecule has 1 saturated carbocycles. The van der Waals surface area contributed by atoms with E-state index in [1.807, 2.05) is 11.3 Å². The number of hydrogen-bond acceptors (Lipinski definition) is 2. The molecule has 0 unspecified atom stereocenters. The summed E-state index contributed by atoms with van der Waals surface area (Å²) in [4.78, 5) is 6.47. The predicted molar refractivity (Wildman–Crippen MR) is 60.1 cm³/mol.